The Balaban J connectivity index is 2.03. The normalized spacial score (nSPS) is 17.0. The molecule has 0 aromatic heterocycles. The predicted octanol–water partition coefficient (Wildman–Crippen LogP) is 3.09. The summed E-state index contributed by atoms with van der Waals surface area (Å²) in [7, 11) is 0. The van der Waals surface area contributed by atoms with Gasteiger partial charge in [0.25, 0.3) is 5.69 Å². The summed E-state index contributed by atoms with van der Waals surface area (Å²) < 4.78 is 40.4. The van der Waals surface area contributed by atoms with E-state index in [1.807, 2.05) is 0 Å². The van der Waals surface area contributed by atoms with Crippen molar-refractivity contribution in [3.63, 3.8) is 0 Å². The Morgan fingerprint density at radius 1 is 1.17 bits per heavy atom. The zero-order valence-electron chi connectivity index (χ0n) is 12.2. The number of amides is 1. The van der Waals surface area contributed by atoms with Crippen molar-refractivity contribution in [2.45, 2.75) is 18.6 Å². The molecule has 1 aliphatic rings. The molecule has 1 amide bonds. The molecule has 0 spiro atoms. The Morgan fingerprint density at radius 2 is 1.83 bits per heavy atom. The van der Waals surface area contributed by atoms with Gasteiger partial charge in [0.1, 0.15) is 6.04 Å². The molecule has 6 nitrogen and oxygen atoms in total. The number of carbonyl (C=O) groups excluding carboxylic acids is 1. The number of halogens is 3. The number of nitrogens with one attached hydrogen (secondary N) is 1. The van der Waals surface area contributed by atoms with Crippen LogP contribution in [0.4, 0.5) is 18.9 Å². The van der Waals surface area contributed by atoms with Crippen molar-refractivity contribution in [1.29, 1.82) is 0 Å². The summed E-state index contributed by atoms with van der Waals surface area (Å²) in [4.78, 5) is 21.4. The van der Waals surface area contributed by atoms with E-state index < -0.39 is 23.0 Å². The Morgan fingerprint density at radius 3 is 2.42 bits per heavy atom. The Hall–Kier alpha value is -2.68. The lowest BCUT2D eigenvalue weighted by Gasteiger charge is -2.29. The first-order valence-corrected chi connectivity index (χ1v) is 7.06. The number of carbonyl (C=O) groups is 1. The summed E-state index contributed by atoms with van der Waals surface area (Å²) in [6, 6.07) is 6.01. The fourth-order valence-corrected chi connectivity index (χ4v) is 2.77. The van der Waals surface area contributed by atoms with Crippen molar-refractivity contribution in [2.24, 2.45) is 0 Å². The van der Waals surface area contributed by atoms with Gasteiger partial charge in [-0.15, -0.1) is 0 Å². The minimum atomic E-state index is -4.58. The molecule has 2 aromatic carbocycles. The fraction of sp³-hybridized carbons (Fsp3) is 0.267. The van der Waals surface area contributed by atoms with Crippen molar-refractivity contribution in [2.75, 3.05) is 6.54 Å². The van der Waals surface area contributed by atoms with Crippen LogP contribution < -0.4 is 5.43 Å². The van der Waals surface area contributed by atoms with E-state index in [0.717, 1.165) is 5.01 Å². The first-order chi connectivity index (χ1) is 11.3. The number of hydrogen-bond donors (Lipinski definition) is 1. The summed E-state index contributed by atoms with van der Waals surface area (Å²) >= 11 is 0. The average molecular weight is 339 g/mol. The molecule has 24 heavy (non-hydrogen) atoms. The molecule has 126 valence electrons. The van der Waals surface area contributed by atoms with Crippen molar-refractivity contribution >= 4 is 22.4 Å². The van der Waals surface area contributed by atoms with Gasteiger partial charge < -0.3 is 0 Å². The number of fused-ring (bicyclic) bond motifs is 1. The zero-order chi connectivity index (χ0) is 17.5. The van der Waals surface area contributed by atoms with E-state index in [1.165, 1.54) is 36.4 Å². The molecule has 3 rings (SSSR count). The number of non-ortho nitro benzene ring substituents is 1. The third kappa shape index (κ3) is 3.02. The van der Waals surface area contributed by atoms with Crippen LogP contribution in [0.5, 0.6) is 0 Å². The van der Waals surface area contributed by atoms with Gasteiger partial charge in [-0.05, 0) is 28.5 Å². The molecule has 0 aliphatic carbocycles. The summed E-state index contributed by atoms with van der Waals surface area (Å²) in [6.07, 6.45) is -4.57. The van der Waals surface area contributed by atoms with Gasteiger partial charge in [-0.1, -0.05) is 12.1 Å². The molecule has 0 unspecified atom stereocenters. The average Bonchev–Trinajstić information content (AvgIpc) is 2.91. The van der Waals surface area contributed by atoms with Crippen LogP contribution in [0.3, 0.4) is 0 Å². The summed E-state index contributed by atoms with van der Waals surface area (Å²) in [5, 5.41) is 12.6. The van der Waals surface area contributed by atoms with Crippen molar-refractivity contribution in [3.05, 3.63) is 52.1 Å². The quantitative estimate of drug-likeness (QED) is 0.689. The van der Waals surface area contributed by atoms with E-state index in [4.69, 9.17) is 0 Å². The van der Waals surface area contributed by atoms with Crippen molar-refractivity contribution in [1.82, 2.24) is 10.4 Å². The summed E-state index contributed by atoms with van der Waals surface area (Å²) in [6.45, 7) is -0.0404. The van der Waals surface area contributed by atoms with Crippen LogP contribution in [-0.2, 0) is 4.79 Å². The monoisotopic (exact) mass is 339 g/mol. The molecule has 1 N–H and O–H groups in total. The van der Waals surface area contributed by atoms with E-state index in [-0.39, 0.29) is 24.2 Å². The maximum absolute atomic E-state index is 13.5. The molecule has 1 heterocycles. The highest BCUT2D eigenvalue weighted by molar-refractivity contribution is 5.85. The topological polar surface area (TPSA) is 75.5 Å². The lowest BCUT2D eigenvalue weighted by atomic mass is 10.0. The molecule has 9 heteroatoms. The predicted molar refractivity (Wildman–Crippen MR) is 78.9 cm³/mol. The van der Waals surface area contributed by atoms with Crippen LogP contribution in [0.1, 0.15) is 18.0 Å². The highest BCUT2D eigenvalue weighted by atomic mass is 19.4. The Bertz CT molecular complexity index is 822. The first-order valence-electron chi connectivity index (χ1n) is 7.06. The zero-order valence-corrected chi connectivity index (χ0v) is 12.2. The number of hydrazine groups is 1. The van der Waals surface area contributed by atoms with Gasteiger partial charge in [0.05, 0.1) is 4.92 Å². The van der Waals surface area contributed by atoms with E-state index in [2.05, 4.69) is 5.43 Å². The molecule has 1 saturated heterocycles. The van der Waals surface area contributed by atoms with Gasteiger partial charge in [-0.25, -0.2) is 5.01 Å². The van der Waals surface area contributed by atoms with Crippen LogP contribution in [0.15, 0.2) is 36.4 Å². The number of alkyl halides is 3. The molecule has 0 saturated carbocycles. The standard InChI is InChI=1S/C15H12F3N3O3/c16-15(17,18)14(20-6-5-13(22)19-20)11-2-1-10-8-12(21(23)24)4-3-9(10)7-11/h1-4,7-8,14H,5-6H2,(H,19,22)/t14-/m0/s1. The van der Waals surface area contributed by atoms with Crippen LogP contribution >= 0.6 is 0 Å². The second-order valence-corrected chi connectivity index (χ2v) is 5.47. The van der Waals surface area contributed by atoms with Crippen molar-refractivity contribution in [3.8, 4) is 0 Å². The molecule has 1 fully saturated rings. The fourth-order valence-electron chi connectivity index (χ4n) is 2.77. The highest BCUT2D eigenvalue weighted by Gasteiger charge is 2.46. The molecular formula is C15H12F3N3O3. The Kier molecular flexibility index (Phi) is 3.88. The number of hydrogen-bond acceptors (Lipinski definition) is 4. The minimum Gasteiger partial charge on any atom is -0.288 e. The van der Waals surface area contributed by atoms with Gasteiger partial charge in [0.2, 0.25) is 5.91 Å². The molecule has 0 bridgehead atoms. The number of nitro benzene ring substituents is 1. The van der Waals surface area contributed by atoms with E-state index >= 15 is 0 Å². The molecule has 1 aliphatic heterocycles. The minimum absolute atomic E-state index is 0.00631. The van der Waals surface area contributed by atoms with Gasteiger partial charge in [0, 0.05) is 25.1 Å². The van der Waals surface area contributed by atoms with E-state index in [9.17, 15) is 28.1 Å². The van der Waals surface area contributed by atoms with Crippen LogP contribution in [0.2, 0.25) is 0 Å². The van der Waals surface area contributed by atoms with Gasteiger partial charge >= 0.3 is 6.18 Å². The van der Waals surface area contributed by atoms with E-state index in [0.29, 0.717) is 10.8 Å². The number of rotatable bonds is 3. The lowest BCUT2D eigenvalue weighted by molar-refractivity contribution is -0.384. The largest absolute Gasteiger partial charge is 0.409 e. The molecule has 0 radical (unpaired) electrons. The van der Waals surface area contributed by atoms with Crippen LogP contribution in [0.25, 0.3) is 10.8 Å². The van der Waals surface area contributed by atoms with Crippen molar-refractivity contribution < 1.29 is 22.9 Å². The SMILES string of the molecule is O=C1CCN([C@@H](c2ccc3cc([N+](=O)[O-])ccc3c2)C(F)(F)F)N1. The molecule has 1 atom stereocenters. The highest BCUT2D eigenvalue weighted by Crippen LogP contribution is 2.39. The number of nitro groups is 1. The molecule has 2 aromatic rings. The maximum Gasteiger partial charge on any atom is 0.409 e. The van der Waals surface area contributed by atoms with Gasteiger partial charge in [-0.3, -0.25) is 20.3 Å². The van der Waals surface area contributed by atoms with E-state index in [1.54, 1.807) is 0 Å². The summed E-state index contributed by atoms with van der Waals surface area (Å²) in [5.41, 5.74) is 2.05. The lowest BCUT2D eigenvalue weighted by Crippen LogP contribution is -2.43. The third-order valence-electron chi connectivity index (χ3n) is 3.84. The van der Waals surface area contributed by atoms with Gasteiger partial charge in [-0.2, -0.15) is 13.2 Å². The third-order valence-corrected chi connectivity index (χ3v) is 3.84. The first kappa shape index (κ1) is 16.2. The molecular weight excluding hydrogens is 327 g/mol. The number of nitrogens with zero attached hydrogens (tertiary/aromatic N) is 2. The maximum atomic E-state index is 13.5. The smallest absolute Gasteiger partial charge is 0.288 e. The second kappa shape index (κ2) is 5.75. The number of benzene rings is 2. The van der Waals surface area contributed by atoms with Crippen LogP contribution in [0, 0.1) is 10.1 Å². The summed E-state index contributed by atoms with van der Waals surface area (Å²) in [5.74, 6) is -0.458. The Labute approximate surface area is 134 Å². The second-order valence-electron chi connectivity index (χ2n) is 5.47. The van der Waals surface area contributed by atoms with Gasteiger partial charge in [0.15, 0.2) is 0 Å². The van der Waals surface area contributed by atoms with Crippen LogP contribution in [-0.4, -0.2) is 28.6 Å².